The minimum absolute atomic E-state index is 0.141. The van der Waals surface area contributed by atoms with E-state index in [1.54, 1.807) is 11.8 Å². The Morgan fingerprint density at radius 1 is 1.07 bits per heavy atom. The van der Waals surface area contributed by atoms with Crippen molar-refractivity contribution in [3.63, 3.8) is 0 Å². The summed E-state index contributed by atoms with van der Waals surface area (Å²) in [6, 6.07) is 16.6. The Bertz CT molecular complexity index is 901. The van der Waals surface area contributed by atoms with Gasteiger partial charge in [0.25, 0.3) is 0 Å². The summed E-state index contributed by atoms with van der Waals surface area (Å²) in [5.74, 6) is 2.50. The van der Waals surface area contributed by atoms with E-state index in [1.165, 1.54) is 11.1 Å². The fourth-order valence-electron chi connectivity index (χ4n) is 2.57. The molecule has 2 aromatic carbocycles. The molecule has 0 saturated heterocycles. The van der Waals surface area contributed by atoms with Crippen molar-refractivity contribution in [2.24, 2.45) is 7.05 Å². The SMILES string of the molecule is Cn1c(COc2ccc(C(C)(C)C)cc2)nnc1SCc1cccc(Br)c1. The third-order valence-corrected chi connectivity index (χ3v) is 5.85. The lowest BCUT2D eigenvalue weighted by Gasteiger charge is -2.19. The highest BCUT2D eigenvalue weighted by atomic mass is 79.9. The van der Waals surface area contributed by atoms with Gasteiger partial charge in [-0.15, -0.1) is 10.2 Å². The van der Waals surface area contributed by atoms with E-state index in [4.69, 9.17) is 4.74 Å². The first-order valence-electron chi connectivity index (χ1n) is 8.82. The summed E-state index contributed by atoms with van der Waals surface area (Å²) in [6.45, 7) is 7.01. The van der Waals surface area contributed by atoms with Crippen LogP contribution in [-0.2, 0) is 24.8 Å². The molecule has 0 spiro atoms. The largest absolute Gasteiger partial charge is 0.486 e. The second-order valence-corrected chi connectivity index (χ2v) is 9.30. The molecule has 3 rings (SSSR count). The Morgan fingerprint density at radius 2 is 1.81 bits per heavy atom. The molecule has 0 bridgehead atoms. The van der Waals surface area contributed by atoms with Crippen LogP contribution in [0.1, 0.15) is 37.7 Å². The fraction of sp³-hybridized carbons (Fsp3) is 0.333. The minimum atomic E-state index is 0.141. The number of halogens is 1. The van der Waals surface area contributed by atoms with E-state index < -0.39 is 0 Å². The normalized spacial score (nSPS) is 11.6. The van der Waals surface area contributed by atoms with Gasteiger partial charge in [0.1, 0.15) is 12.4 Å². The van der Waals surface area contributed by atoms with Crippen molar-refractivity contribution >= 4 is 27.7 Å². The van der Waals surface area contributed by atoms with Crippen LogP contribution in [0.3, 0.4) is 0 Å². The van der Waals surface area contributed by atoms with Gasteiger partial charge in [-0.25, -0.2) is 0 Å². The van der Waals surface area contributed by atoms with Crippen molar-refractivity contribution in [2.75, 3.05) is 0 Å². The molecule has 6 heteroatoms. The van der Waals surface area contributed by atoms with Crippen LogP contribution in [0.25, 0.3) is 0 Å². The van der Waals surface area contributed by atoms with Gasteiger partial charge in [-0.2, -0.15) is 0 Å². The van der Waals surface area contributed by atoms with E-state index in [0.717, 1.165) is 27.0 Å². The number of rotatable bonds is 6. The quantitative estimate of drug-likeness (QED) is 0.453. The van der Waals surface area contributed by atoms with Crippen LogP contribution in [0.5, 0.6) is 5.75 Å². The van der Waals surface area contributed by atoms with Crippen LogP contribution in [0.15, 0.2) is 58.2 Å². The van der Waals surface area contributed by atoms with Gasteiger partial charge in [0.15, 0.2) is 11.0 Å². The molecule has 0 unspecified atom stereocenters. The molecule has 4 nitrogen and oxygen atoms in total. The first kappa shape index (κ1) is 20.0. The van der Waals surface area contributed by atoms with E-state index in [0.29, 0.717) is 6.61 Å². The number of aromatic nitrogens is 3. The highest BCUT2D eigenvalue weighted by Crippen LogP contribution is 2.25. The number of hydrogen-bond acceptors (Lipinski definition) is 4. The zero-order valence-electron chi connectivity index (χ0n) is 16.1. The van der Waals surface area contributed by atoms with Gasteiger partial charge in [0.05, 0.1) is 0 Å². The molecular weight excluding hydrogens is 422 g/mol. The van der Waals surface area contributed by atoms with Gasteiger partial charge >= 0.3 is 0 Å². The monoisotopic (exact) mass is 445 g/mol. The molecule has 0 radical (unpaired) electrons. The first-order valence-corrected chi connectivity index (χ1v) is 10.6. The summed E-state index contributed by atoms with van der Waals surface area (Å²) in [4.78, 5) is 0. The Morgan fingerprint density at radius 3 is 2.48 bits per heavy atom. The number of ether oxygens (including phenoxy) is 1. The zero-order valence-corrected chi connectivity index (χ0v) is 18.5. The standard InChI is InChI=1S/C21H24BrN3OS/c1-21(2,3)16-8-10-18(11-9-16)26-13-19-23-24-20(25(19)4)27-14-15-6-5-7-17(22)12-15/h5-12H,13-14H2,1-4H3. The summed E-state index contributed by atoms with van der Waals surface area (Å²) in [5, 5.41) is 9.46. The Kier molecular flexibility index (Phi) is 6.27. The lowest BCUT2D eigenvalue weighted by Crippen LogP contribution is -2.10. The smallest absolute Gasteiger partial charge is 0.191 e. The van der Waals surface area contributed by atoms with Gasteiger partial charge < -0.3 is 9.30 Å². The lowest BCUT2D eigenvalue weighted by molar-refractivity contribution is 0.290. The molecule has 0 aliphatic rings. The zero-order chi connectivity index (χ0) is 19.4. The molecule has 27 heavy (non-hydrogen) atoms. The Labute approximate surface area is 173 Å². The maximum Gasteiger partial charge on any atom is 0.191 e. The molecule has 1 aromatic heterocycles. The fourth-order valence-corrected chi connectivity index (χ4v) is 3.89. The Balaban J connectivity index is 1.58. The maximum atomic E-state index is 5.89. The van der Waals surface area contributed by atoms with E-state index >= 15 is 0 Å². The van der Waals surface area contributed by atoms with Crippen LogP contribution in [0.2, 0.25) is 0 Å². The highest BCUT2D eigenvalue weighted by Gasteiger charge is 2.14. The molecule has 0 N–H and O–H groups in total. The lowest BCUT2D eigenvalue weighted by atomic mass is 9.87. The topological polar surface area (TPSA) is 39.9 Å². The van der Waals surface area contributed by atoms with Gasteiger partial charge in [-0.3, -0.25) is 0 Å². The van der Waals surface area contributed by atoms with Crippen molar-refractivity contribution in [2.45, 2.75) is 43.7 Å². The third-order valence-electron chi connectivity index (χ3n) is 4.27. The molecule has 0 saturated carbocycles. The van der Waals surface area contributed by atoms with E-state index in [1.807, 2.05) is 35.9 Å². The third kappa shape index (κ3) is 5.36. The number of hydrogen-bond donors (Lipinski definition) is 0. The van der Waals surface area contributed by atoms with E-state index in [9.17, 15) is 0 Å². The van der Waals surface area contributed by atoms with E-state index in [2.05, 4.69) is 71.2 Å². The molecule has 0 fully saturated rings. The molecular formula is C21H24BrN3OS. The summed E-state index contributed by atoms with van der Waals surface area (Å²) in [7, 11) is 1.98. The van der Waals surface area contributed by atoms with E-state index in [-0.39, 0.29) is 5.41 Å². The van der Waals surface area contributed by atoms with Gasteiger partial charge in [-0.1, -0.05) is 72.7 Å². The van der Waals surface area contributed by atoms with Crippen molar-refractivity contribution in [3.05, 3.63) is 70.0 Å². The average molecular weight is 446 g/mol. The number of nitrogens with zero attached hydrogens (tertiary/aromatic N) is 3. The molecule has 1 heterocycles. The minimum Gasteiger partial charge on any atom is -0.486 e. The van der Waals surface area contributed by atoms with Crippen molar-refractivity contribution in [3.8, 4) is 5.75 Å². The molecule has 0 aliphatic heterocycles. The predicted molar refractivity (Wildman–Crippen MR) is 114 cm³/mol. The van der Waals surface area contributed by atoms with Crippen LogP contribution >= 0.6 is 27.7 Å². The molecule has 0 atom stereocenters. The van der Waals surface area contributed by atoms with Crippen LogP contribution in [-0.4, -0.2) is 14.8 Å². The molecule has 0 aliphatic carbocycles. The highest BCUT2D eigenvalue weighted by molar-refractivity contribution is 9.10. The summed E-state index contributed by atoms with van der Waals surface area (Å²) in [5.41, 5.74) is 2.68. The van der Waals surface area contributed by atoms with Crippen LogP contribution in [0.4, 0.5) is 0 Å². The predicted octanol–water partition coefficient (Wildman–Crippen LogP) is 5.75. The first-order chi connectivity index (χ1) is 12.8. The van der Waals surface area contributed by atoms with Gasteiger partial charge in [0.2, 0.25) is 0 Å². The summed E-state index contributed by atoms with van der Waals surface area (Å²) in [6.07, 6.45) is 0. The summed E-state index contributed by atoms with van der Waals surface area (Å²) >= 11 is 5.17. The second-order valence-electron chi connectivity index (χ2n) is 7.44. The molecule has 0 amide bonds. The average Bonchev–Trinajstić information content (AvgIpc) is 2.98. The number of thioether (sulfide) groups is 1. The number of benzene rings is 2. The van der Waals surface area contributed by atoms with Gasteiger partial charge in [0, 0.05) is 17.3 Å². The maximum absolute atomic E-state index is 5.89. The summed E-state index contributed by atoms with van der Waals surface area (Å²) < 4.78 is 8.97. The molecule has 142 valence electrons. The second kappa shape index (κ2) is 8.48. The van der Waals surface area contributed by atoms with Crippen molar-refractivity contribution < 1.29 is 4.74 Å². The van der Waals surface area contributed by atoms with Crippen LogP contribution in [0, 0.1) is 0 Å². The van der Waals surface area contributed by atoms with Crippen LogP contribution < -0.4 is 4.74 Å². The van der Waals surface area contributed by atoms with Crippen molar-refractivity contribution in [1.82, 2.24) is 14.8 Å². The molecule has 3 aromatic rings. The van der Waals surface area contributed by atoms with Gasteiger partial charge in [-0.05, 0) is 40.8 Å². The van der Waals surface area contributed by atoms with Crippen molar-refractivity contribution in [1.29, 1.82) is 0 Å². The Hall–Kier alpha value is -1.79.